The maximum atomic E-state index is 15.7. The standard InChI is InChI=1S/C98H140O46/c1-25-26-114-61(99)84(18,31-115-62(100)85(19,33-117-64(102)87(21)37-121-68(106)91(45-129-76(2,3)130-46-91)27-92(69(107)122-38-87)47-131-77(4,5)132-48-92)34-118-65(103)88(22)39-123-70(108)93(49-133-78(6,7)134-50-93)28-94(71(109)124-40-88)51-135-79(8,9)136-52-94)32-116-63(101)86(20,35-119-66(104)89(23)41-125-72(110)95(53-137-80(10,11)138-54-95)29-96(73(111)126-42-89)55-139-81(12,13)140-56-96)36-120-67(105)90(24)43-127-74(112)97(57-141-82(14,15)142-58-97)30-98(75(113)128-44-90)59-143-83(16,17)144-60-98/h1H,26-60H2,2-24H3. The van der Waals surface area contributed by atoms with Crippen molar-refractivity contribution >= 4 is 89.5 Å². The molecule has 808 valence electrons. The van der Waals surface area contributed by atoms with Crippen LogP contribution in [0.2, 0.25) is 0 Å². The molecule has 12 aliphatic heterocycles. The van der Waals surface area contributed by atoms with Crippen molar-refractivity contribution in [1.82, 2.24) is 0 Å². The molecule has 0 saturated carbocycles. The zero-order valence-electron chi connectivity index (χ0n) is 86.6. The van der Waals surface area contributed by atoms with Crippen molar-refractivity contribution in [2.45, 2.75) is 231 Å². The van der Waals surface area contributed by atoms with Crippen molar-refractivity contribution < 1.29 is 219 Å². The second kappa shape index (κ2) is 40.8. The highest BCUT2D eigenvalue weighted by atomic mass is 16.8. The van der Waals surface area contributed by atoms with Gasteiger partial charge in [-0.05, 0) is 185 Å². The Hall–Kier alpha value is -9.03. The van der Waals surface area contributed by atoms with E-state index in [0.717, 1.165) is 20.8 Å². The molecule has 8 spiro atoms. The van der Waals surface area contributed by atoms with Gasteiger partial charge >= 0.3 is 89.5 Å². The summed E-state index contributed by atoms with van der Waals surface area (Å²) in [7, 11) is 0. The third-order valence-corrected chi connectivity index (χ3v) is 28.4. The Morgan fingerprint density at radius 2 is 0.347 bits per heavy atom. The topological polar surface area (TPSA) is 542 Å². The smallest absolute Gasteiger partial charge is 0.319 e. The van der Waals surface area contributed by atoms with Crippen molar-refractivity contribution in [2.24, 2.45) is 81.2 Å². The van der Waals surface area contributed by atoms with Crippen LogP contribution in [0.15, 0.2) is 0 Å². The number of esters is 15. The van der Waals surface area contributed by atoms with Gasteiger partial charge in [0, 0.05) is 0 Å². The minimum Gasteiger partial charge on any atom is -0.464 e. The molecule has 0 aromatic rings. The Morgan fingerprint density at radius 3 is 0.479 bits per heavy atom. The first-order valence-corrected chi connectivity index (χ1v) is 47.7. The van der Waals surface area contributed by atoms with Gasteiger partial charge in [-0.25, -0.2) is 0 Å². The van der Waals surface area contributed by atoms with E-state index in [4.69, 9.17) is 153 Å². The third kappa shape index (κ3) is 24.9. The molecule has 12 fully saturated rings. The number of carbonyl (C=O) groups excluding carboxylic acids is 15. The summed E-state index contributed by atoms with van der Waals surface area (Å²) in [5.74, 6) is -25.4. The quantitative estimate of drug-likeness (QED) is 0.0914. The van der Waals surface area contributed by atoms with Gasteiger partial charge in [0.05, 0.1) is 106 Å². The van der Waals surface area contributed by atoms with E-state index in [2.05, 4.69) is 5.92 Å². The van der Waals surface area contributed by atoms with Crippen LogP contribution in [0, 0.1) is 93.6 Å². The van der Waals surface area contributed by atoms with E-state index in [1.807, 2.05) is 0 Å². The molecule has 12 aliphatic rings. The molecule has 12 rings (SSSR count). The molecule has 0 aromatic carbocycles. The predicted molar refractivity (Wildman–Crippen MR) is 476 cm³/mol. The fraction of sp³-hybridized carbons (Fsp3) is 0.827. The zero-order valence-corrected chi connectivity index (χ0v) is 86.6. The van der Waals surface area contributed by atoms with Gasteiger partial charge in [0.25, 0.3) is 0 Å². The molecule has 0 atom stereocenters. The Balaban J connectivity index is 0.858. The number of hydrogen-bond acceptors (Lipinski definition) is 46. The number of carbonyl (C=O) groups is 15. The summed E-state index contributed by atoms with van der Waals surface area (Å²) in [6.45, 7) is 12.3. The van der Waals surface area contributed by atoms with E-state index in [1.165, 1.54) is 27.7 Å². The van der Waals surface area contributed by atoms with Crippen LogP contribution in [0.1, 0.15) is 185 Å². The van der Waals surface area contributed by atoms with Gasteiger partial charge in [0.1, 0.15) is 174 Å². The Labute approximate surface area is 834 Å². The first kappa shape index (κ1) is 114. The van der Waals surface area contributed by atoms with E-state index in [0.29, 0.717) is 0 Å². The molecule has 144 heavy (non-hydrogen) atoms. The molecular weight excluding hydrogens is 1910 g/mol. The summed E-state index contributed by atoms with van der Waals surface area (Å²) < 4.78 is 186. The van der Waals surface area contributed by atoms with Gasteiger partial charge in [0.15, 0.2) is 52.9 Å². The minimum absolute atomic E-state index is 0.351. The molecular formula is C98H140O46. The molecule has 0 radical (unpaired) electrons. The van der Waals surface area contributed by atoms with Crippen LogP contribution in [0.5, 0.6) is 0 Å². The van der Waals surface area contributed by atoms with E-state index in [9.17, 15) is 43.2 Å². The van der Waals surface area contributed by atoms with Crippen LogP contribution in [0.4, 0.5) is 0 Å². The average Bonchev–Trinajstić information content (AvgIpc) is 0.757. The maximum Gasteiger partial charge on any atom is 0.319 e. The first-order valence-electron chi connectivity index (χ1n) is 47.7. The van der Waals surface area contributed by atoms with E-state index in [1.54, 1.807) is 111 Å². The fourth-order valence-electron chi connectivity index (χ4n) is 17.4. The van der Waals surface area contributed by atoms with Crippen molar-refractivity contribution in [3.63, 3.8) is 0 Å². The first-order chi connectivity index (χ1) is 66.4. The van der Waals surface area contributed by atoms with Gasteiger partial charge < -0.3 is 147 Å². The average molecular weight is 2050 g/mol. The molecule has 0 N–H and O–H groups in total. The number of ether oxygens (including phenoxy) is 31. The molecule has 0 bridgehead atoms. The Kier molecular flexibility index (Phi) is 32.2. The highest BCUT2D eigenvalue weighted by Crippen LogP contribution is 2.53. The lowest BCUT2D eigenvalue weighted by atomic mass is 9.70. The second-order valence-electron chi connectivity index (χ2n) is 46.5. The summed E-state index contributed by atoms with van der Waals surface area (Å²) in [5.41, 5.74) is -30.7. The summed E-state index contributed by atoms with van der Waals surface area (Å²) >= 11 is 0. The second-order valence-corrected chi connectivity index (χ2v) is 46.5. The summed E-state index contributed by atoms with van der Waals surface area (Å²) in [5, 5.41) is 0. The van der Waals surface area contributed by atoms with Crippen molar-refractivity contribution in [3.8, 4) is 12.3 Å². The summed E-state index contributed by atoms with van der Waals surface area (Å²) in [6.07, 6.45) is 4.23. The molecule has 0 amide bonds. The lowest BCUT2D eigenvalue weighted by Crippen LogP contribution is -2.60. The van der Waals surface area contributed by atoms with Gasteiger partial charge in [0.2, 0.25) is 0 Å². The maximum absolute atomic E-state index is 15.7. The molecule has 0 unspecified atom stereocenters. The summed E-state index contributed by atoms with van der Waals surface area (Å²) in [6, 6.07) is 0. The lowest BCUT2D eigenvalue weighted by Gasteiger charge is -2.49. The van der Waals surface area contributed by atoms with Crippen LogP contribution in [0.3, 0.4) is 0 Å². The van der Waals surface area contributed by atoms with E-state index >= 15 is 28.8 Å². The highest BCUT2D eigenvalue weighted by Gasteiger charge is 2.67. The molecule has 0 aromatic heterocycles. The van der Waals surface area contributed by atoms with Crippen LogP contribution in [-0.4, -0.2) is 341 Å². The molecule has 12 heterocycles. The minimum atomic E-state index is -2.56. The fourth-order valence-corrected chi connectivity index (χ4v) is 17.4. The number of terminal acetylenes is 1. The van der Waals surface area contributed by atoms with Gasteiger partial charge in [-0.3, -0.25) is 71.9 Å². The SMILES string of the molecule is C#CCOC(=O)C(C)(COC(=O)C(C)(COC(=O)C1(C)COC(=O)C2(COC(C)(C)OC2)CC2(COC(C)(C)OC2)C(=O)OC1)COC(=O)C1(C)COC(=O)C2(COC(C)(C)OC2)CC2(COC(C)(C)OC2)C(=O)OC1)COC(=O)C(C)(COC(=O)C1(C)COC(=O)C2(COC(C)(C)OC2)CC2(COC(C)(C)OC2)C(=O)OC1)COC(=O)C1(C)COC(=O)C2(COC(C)(C)OC2)CC2(COC(C)(C)OC2)C(=O)OC1. The predicted octanol–water partition coefficient (Wildman–Crippen LogP) is 4.58. The van der Waals surface area contributed by atoms with Crippen molar-refractivity contribution in [1.29, 1.82) is 0 Å². The monoisotopic (exact) mass is 2050 g/mol. The molecule has 0 aliphatic carbocycles. The van der Waals surface area contributed by atoms with Crippen LogP contribution in [-0.2, 0) is 219 Å². The van der Waals surface area contributed by atoms with Gasteiger partial charge in [-0.1, -0.05) is 5.92 Å². The molecule has 46 nitrogen and oxygen atoms in total. The third-order valence-electron chi connectivity index (χ3n) is 28.4. The van der Waals surface area contributed by atoms with E-state index < -0.39 is 316 Å². The lowest BCUT2D eigenvalue weighted by molar-refractivity contribution is -0.311. The van der Waals surface area contributed by atoms with Gasteiger partial charge in [-0.15, -0.1) is 6.42 Å². The Morgan fingerprint density at radius 1 is 0.222 bits per heavy atom. The van der Waals surface area contributed by atoms with Crippen LogP contribution < -0.4 is 0 Å². The van der Waals surface area contributed by atoms with Gasteiger partial charge in [-0.2, -0.15) is 0 Å². The van der Waals surface area contributed by atoms with Crippen LogP contribution in [0.25, 0.3) is 0 Å². The zero-order chi connectivity index (χ0) is 107. The van der Waals surface area contributed by atoms with Crippen LogP contribution >= 0.6 is 0 Å². The normalized spacial score (nSPS) is 27.1. The Bertz CT molecular complexity index is 4120. The number of hydrogen-bond donors (Lipinski definition) is 0. The summed E-state index contributed by atoms with van der Waals surface area (Å²) in [4.78, 5) is 226. The highest BCUT2D eigenvalue weighted by molar-refractivity contribution is 5.90. The molecule has 46 heteroatoms. The van der Waals surface area contributed by atoms with Crippen molar-refractivity contribution in [2.75, 3.05) is 205 Å². The molecule has 12 saturated heterocycles. The number of rotatable bonds is 20. The van der Waals surface area contributed by atoms with Crippen molar-refractivity contribution in [3.05, 3.63) is 0 Å². The van der Waals surface area contributed by atoms with E-state index in [-0.39, 0.29) is 131 Å². The number of cyclic esters (lactones) is 8. The largest absolute Gasteiger partial charge is 0.464 e.